The lowest BCUT2D eigenvalue weighted by Crippen LogP contribution is -2.12. The Morgan fingerprint density at radius 2 is 1.84 bits per heavy atom. The van der Waals surface area contributed by atoms with E-state index in [2.05, 4.69) is 6.58 Å². The van der Waals surface area contributed by atoms with E-state index < -0.39 is 17.3 Å². The third-order valence-corrected chi connectivity index (χ3v) is 5.21. The summed E-state index contributed by atoms with van der Waals surface area (Å²) in [5, 5.41) is 41.2. The van der Waals surface area contributed by atoms with E-state index in [1.165, 1.54) is 18.4 Å². The minimum absolute atomic E-state index is 0.0286. The fourth-order valence-corrected chi connectivity index (χ4v) is 3.29. The summed E-state index contributed by atoms with van der Waals surface area (Å²) < 4.78 is 5.54. The molecule has 0 amide bonds. The first-order valence-corrected chi connectivity index (χ1v) is 9.88. The molecular weight excluding hydrogens is 396 g/mol. The van der Waals surface area contributed by atoms with Crippen molar-refractivity contribution in [3.05, 3.63) is 75.7 Å². The predicted molar refractivity (Wildman–Crippen MR) is 121 cm³/mol. The van der Waals surface area contributed by atoms with Crippen molar-refractivity contribution in [3.63, 3.8) is 0 Å². The molecule has 6 nitrogen and oxygen atoms in total. The van der Waals surface area contributed by atoms with Crippen molar-refractivity contribution in [1.82, 2.24) is 0 Å². The summed E-state index contributed by atoms with van der Waals surface area (Å²) in [6.45, 7) is 9.21. The van der Waals surface area contributed by atoms with Crippen molar-refractivity contribution in [2.45, 2.75) is 39.7 Å². The van der Waals surface area contributed by atoms with Crippen LogP contribution >= 0.6 is 0 Å². The Balaban J connectivity index is 2.17. The smallest absolute Gasteiger partial charge is 0.204 e. The van der Waals surface area contributed by atoms with E-state index in [1.54, 1.807) is 19.1 Å². The van der Waals surface area contributed by atoms with Crippen LogP contribution in [0.1, 0.15) is 31.9 Å². The summed E-state index contributed by atoms with van der Waals surface area (Å²) >= 11 is 0. The van der Waals surface area contributed by atoms with Gasteiger partial charge in [0.2, 0.25) is 5.43 Å². The van der Waals surface area contributed by atoms with Crippen molar-refractivity contribution in [1.29, 1.82) is 0 Å². The molecule has 0 aliphatic rings. The summed E-state index contributed by atoms with van der Waals surface area (Å²) in [5.41, 5.74) is 2.54. The molecule has 6 heteroatoms. The van der Waals surface area contributed by atoms with Crippen molar-refractivity contribution in [2.24, 2.45) is 0 Å². The Hall–Kier alpha value is -3.51. The molecule has 1 atom stereocenters. The van der Waals surface area contributed by atoms with Gasteiger partial charge < -0.3 is 24.8 Å². The Morgan fingerprint density at radius 3 is 2.48 bits per heavy atom. The van der Waals surface area contributed by atoms with Crippen LogP contribution in [0.25, 0.3) is 22.1 Å². The number of fused-ring (bicyclic) bond motifs is 1. The first kappa shape index (κ1) is 22.2. The monoisotopic (exact) mass is 422 g/mol. The van der Waals surface area contributed by atoms with Gasteiger partial charge in [-0.2, -0.15) is 0 Å². The summed E-state index contributed by atoms with van der Waals surface area (Å²) in [7, 11) is 0. The van der Waals surface area contributed by atoms with Gasteiger partial charge >= 0.3 is 0 Å². The topological polar surface area (TPSA) is 111 Å². The second-order valence-corrected chi connectivity index (χ2v) is 7.97. The van der Waals surface area contributed by atoms with Crippen LogP contribution in [0.15, 0.2) is 63.5 Å². The molecular formula is C25H26O6. The standard InChI is InChI=1S/C25H26O6/c1-13(2)5-6-16-9-15(7-8-19(16)26)18-12-31-22-11-21(28)17(10-20(27)14(3)4)24(29)23(22)25(18)30/h5,7-9,11-12,20,26-29H,3,6,10H2,1-2,4H3/t20-/m0/s1. The van der Waals surface area contributed by atoms with Gasteiger partial charge in [0.1, 0.15) is 34.5 Å². The Labute approximate surface area is 180 Å². The molecule has 2 aromatic carbocycles. The zero-order valence-corrected chi connectivity index (χ0v) is 17.8. The van der Waals surface area contributed by atoms with E-state index >= 15 is 0 Å². The zero-order valence-electron chi connectivity index (χ0n) is 17.8. The van der Waals surface area contributed by atoms with Crippen LogP contribution in [0.5, 0.6) is 17.2 Å². The van der Waals surface area contributed by atoms with E-state index in [9.17, 15) is 25.2 Å². The molecule has 0 saturated carbocycles. The van der Waals surface area contributed by atoms with E-state index in [-0.39, 0.29) is 40.0 Å². The van der Waals surface area contributed by atoms with E-state index in [4.69, 9.17) is 4.42 Å². The van der Waals surface area contributed by atoms with Gasteiger partial charge in [0, 0.05) is 18.1 Å². The van der Waals surface area contributed by atoms with Crippen LogP contribution in [0, 0.1) is 0 Å². The Bertz CT molecular complexity index is 1250. The molecule has 0 spiro atoms. The van der Waals surface area contributed by atoms with Gasteiger partial charge in [-0.25, -0.2) is 0 Å². The average Bonchev–Trinajstić information content (AvgIpc) is 2.70. The third kappa shape index (κ3) is 4.49. The Kier molecular flexibility index (Phi) is 6.22. The second kappa shape index (κ2) is 8.70. The lowest BCUT2D eigenvalue weighted by Gasteiger charge is -2.14. The first-order valence-electron chi connectivity index (χ1n) is 9.88. The lowest BCUT2D eigenvalue weighted by molar-refractivity contribution is 0.209. The molecule has 0 fully saturated rings. The highest BCUT2D eigenvalue weighted by Crippen LogP contribution is 2.36. The number of phenols is 3. The number of aliphatic hydroxyl groups is 1. The number of hydrogen-bond donors (Lipinski definition) is 4. The van der Waals surface area contributed by atoms with E-state index in [1.807, 2.05) is 19.9 Å². The molecule has 0 bridgehead atoms. The molecule has 0 radical (unpaired) electrons. The maximum Gasteiger partial charge on any atom is 0.204 e. The van der Waals surface area contributed by atoms with E-state index in [0.29, 0.717) is 23.1 Å². The van der Waals surface area contributed by atoms with Gasteiger partial charge in [0.25, 0.3) is 0 Å². The van der Waals surface area contributed by atoms with Crippen LogP contribution < -0.4 is 5.43 Å². The lowest BCUT2D eigenvalue weighted by atomic mass is 9.97. The predicted octanol–water partition coefficient (Wildman–Crippen LogP) is 4.57. The highest BCUT2D eigenvalue weighted by molar-refractivity contribution is 5.89. The van der Waals surface area contributed by atoms with Crippen molar-refractivity contribution in [2.75, 3.05) is 0 Å². The second-order valence-electron chi connectivity index (χ2n) is 7.97. The number of aromatic hydroxyl groups is 3. The van der Waals surface area contributed by atoms with Crippen molar-refractivity contribution in [3.8, 4) is 28.4 Å². The average molecular weight is 422 g/mol. The van der Waals surface area contributed by atoms with Crippen LogP contribution in [0.3, 0.4) is 0 Å². The van der Waals surface area contributed by atoms with Crippen LogP contribution in [0.4, 0.5) is 0 Å². The number of allylic oxidation sites excluding steroid dienone is 2. The van der Waals surface area contributed by atoms with Crippen LogP contribution in [-0.4, -0.2) is 26.5 Å². The van der Waals surface area contributed by atoms with E-state index in [0.717, 1.165) is 5.57 Å². The zero-order chi connectivity index (χ0) is 22.9. The number of aliphatic hydroxyl groups excluding tert-OH is 1. The molecule has 0 saturated heterocycles. The van der Waals surface area contributed by atoms with Gasteiger partial charge in [-0.3, -0.25) is 4.79 Å². The molecule has 3 aromatic rings. The summed E-state index contributed by atoms with van der Waals surface area (Å²) in [6, 6.07) is 6.06. The molecule has 1 aromatic heterocycles. The fourth-order valence-electron chi connectivity index (χ4n) is 3.29. The molecule has 3 rings (SSSR count). The molecule has 1 heterocycles. The number of benzene rings is 2. The SMILES string of the molecule is C=C(C)[C@@H](O)Cc1c(O)cc2occ(-c3ccc(O)c(CC=C(C)C)c3)c(=O)c2c1O. The van der Waals surface area contributed by atoms with Gasteiger partial charge in [-0.1, -0.05) is 29.9 Å². The Morgan fingerprint density at radius 1 is 1.13 bits per heavy atom. The maximum atomic E-state index is 13.2. The summed E-state index contributed by atoms with van der Waals surface area (Å²) in [4.78, 5) is 13.2. The van der Waals surface area contributed by atoms with Crippen LogP contribution in [-0.2, 0) is 12.8 Å². The van der Waals surface area contributed by atoms with Crippen molar-refractivity contribution >= 4 is 11.0 Å². The third-order valence-electron chi connectivity index (χ3n) is 5.21. The molecule has 162 valence electrons. The normalized spacial score (nSPS) is 12.0. The number of hydrogen-bond acceptors (Lipinski definition) is 6. The summed E-state index contributed by atoms with van der Waals surface area (Å²) in [6.07, 6.45) is 2.65. The number of rotatable bonds is 6. The first-order chi connectivity index (χ1) is 14.6. The van der Waals surface area contributed by atoms with Gasteiger partial charge in [0.05, 0.1) is 11.7 Å². The highest BCUT2D eigenvalue weighted by atomic mass is 16.3. The maximum absolute atomic E-state index is 13.2. The minimum Gasteiger partial charge on any atom is -0.508 e. The molecule has 0 unspecified atom stereocenters. The number of phenolic OH excluding ortho intramolecular Hbond substituents is 3. The molecule has 0 aliphatic carbocycles. The van der Waals surface area contributed by atoms with Gasteiger partial charge in [-0.15, -0.1) is 0 Å². The quantitative estimate of drug-likeness (QED) is 0.433. The van der Waals surface area contributed by atoms with Gasteiger partial charge in [-0.05, 0) is 50.5 Å². The minimum atomic E-state index is -0.987. The largest absolute Gasteiger partial charge is 0.508 e. The molecule has 31 heavy (non-hydrogen) atoms. The van der Waals surface area contributed by atoms with Gasteiger partial charge in [0.15, 0.2) is 0 Å². The molecule has 0 aliphatic heterocycles. The molecule has 4 N–H and O–H groups in total. The van der Waals surface area contributed by atoms with Crippen molar-refractivity contribution < 1.29 is 24.8 Å². The van der Waals surface area contributed by atoms with Crippen LogP contribution in [0.2, 0.25) is 0 Å². The summed E-state index contributed by atoms with van der Waals surface area (Å²) in [5.74, 6) is -0.598. The highest BCUT2D eigenvalue weighted by Gasteiger charge is 2.21. The fraction of sp³-hybridized carbons (Fsp3) is 0.240.